The molecule has 160 valence electrons. The van der Waals surface area contributed by atoms with Gasteiger partial charge in [-0.3, -0.25) is 9.59 Å². The highest BCUT2D eigenvalue weighted by Gasteiger charge is 2.25. The summed E-state index contributed by atoms with van der Waals surface area (Å²) < 4.78 is 0.893. The molecule has 1 aromatic heterocycles. The van der Waals surface area contributed by atoms with Crippen LogP contribution in [-0.4, -0.2) is 61.0 Å². The smallest absolute Gasteiger partial charge is 0.251 e. The number of nitrogens with one attached hydrogen (secondary N) is 2. The predicted molar refractivity (Wildman–Crippen MR) is 123 cm³/mol. The maximum atomic E-state index is 12.8. The van der Waals surface area contributed by atoms with E-state index in [2.05, 4.69) is 48.4 Å². The van der Waals surface area contributed by atoms with E-state index in [9.17, 15) is 9.59 Å². The Balaban J connectivity index is 1.61. The third-order valence-corrected chi connectivity index (χ3v) is 5.71. The summed E-state index contributed by atoms with van der Waals surface area (Å²) in [5, 5.41) is 5.72. The summed E-state index contributed by atoms with van der Waals surface area (Å²) in [6.07, 6.45) is 1.67. The van der Waals surface area contributed by atoms with Crippen molar-refractivity contribution in [3.05, 3.63) is 52.6 Å². The van der Waals surface area contributed by atoms with Crippen molar-refractivity contribution in [2.45, 2.75) is 19.9 Å². The van der Waals surface area contributed by atoms with E-state index in [0.29, 0.717) is 11.3 Å². The number of nitrogens with zero attached hydrogens (tertiary/aromatic N) is 3. The normalized spacial score (nSPS) is 15.7. The van der Waals surface area contributed by atoms with E-state index in [-0.39, 0.29) is 17.7 Å². The Bertz CT molecular complexity index is 862. The van der Waals surface area contributed by atoms with E-state index in [1.165, 1.54) is 0 Å². The fourth-order valence-electron chi connectivity index (χ4n) is 3.26. The van der Waals surface area contributed by atoms with E-state index in [4.69, 9.17) is 0 Å². The lowest BCUT2D eigenvalue weighted by Gasteiger charge is -2.33. The zero-order valence-electron chi connectivity index (χ0n) is 17.6. The summed E-state index contributed by atoms with van der Waals surface area (Å²) in [5.74, 6) is 0.302. The molecule has 30 heavy (non-hydrogen) atoms. The minimum absolute atomic E-state index is 0.0676. The minimum Gasteiger partial charge on any atom is -0.354 e. The number of aromatic nitrogens is 1. The largest absolute Gasteiger partial charge is 0.354 e. The number of halogens is 1. The number of rotatable bonds is 6. The van der Waals surface area contributed by atoms with Crippen LogP contribution in [0.15, 0.2) is 47.1 Å². The monoisotopic (exact) mass is 473 g/mol. The SMILES string of the molecule is CC(C)[C@@H](NC(=O)c1ccc(Br)cc1)C(=O)Nc1ccc(N2CCN(C)CC2)nc1. The van der Waals surface area contributed by atoms with Crippen molar-refractivity contribution in [3.63, 3.8) is 0 Å². The van der Waals surface area contributed by atoms with E-state index in [1.54, 1.807) is 30.5 Å². The molecule has 1 atom stereocenters. The predicted octanol–water partition coefficient (Wildman–Crippen LogP) is 2.99. The average Bonchev–Trinajstić information content (AvgIpc) is 2.73. The number of carbonyl (C=O) groups is 2. The Labute approximate surface area is 186 Å². The summed E-state index contributed by atoms with van der Waals surface area (Å²) in [4.78, 5) is 34.4. The van der Waals surface area contributed by atoms with Gasteiger partial charge in [-0.25, -0.2) is 4.98 Å². The first-order chi connectivity index (χ1) is 14.3. The molecule has 7 nitrogen and oxygen atoms in total. The third-order valence-electron chi connectivity index (χ3n) is 5.18. The Morgan fingerprint density at radius 1 is 1.03 bits per heavy atom. The standard InChI is InChI=1S/C22H28BrN5O2/c1-15(2)20(26-21(29)16-4-6-17(23)7-5-16)22(30)25-18-8-9-19(24-14-18)28-12-10-27(3)11-13-28/h4-9,14-15,20H,10-13H2,1-3H3,(H,25,30)(H,26,29)/t20-/m1/s1. The molecule has 0 radical (unpaired) electrons. The van der Waals surface area contributed by atoms with Crippen molar-refractivity contribution in [2.75, 3.05) is 43.4 Å². The molecule has 1 aliphatic heterocycles. The first-order valence-electron chi connectivity index (χ1n) is 10.1. The van der Waals surface area contributed by atoms with E-state index in [0.717, 1.165) is 36.5 Å². The highest BCUT2D eigenvalue weighted by Crippen LogP contribution is 2.17. The summed E-state index contributed by atoms with van der Waals surface area (Å²) in [5.41, 5.74) is 1.12. The van der Waals surface area contributed by atoms with Gasteiger partial charge in [0.15, 0.2) is 0 Å². The second kappa shape index (κ2) is 10.0. The number of benzene rings is 1. The molecule has 1 fully saturated rings. The molecule has 2 amide bonds. The Morgan fingerprint density at radius 2 is 1.70 bits per heavy atom. The molecule has 3 rings (SSSR count). The van der Waals surface area contributed by atoms with Crippen LogP contribution >= 0.6 is 15.9 Å². The van der Waals surface area contributed by atoms with Crippen LogP contribution in [0.1, 0.15) is 24.2 Å². The number of carbonyl (C=O) groups excluding carboxylic acids is 2. The Kier molecular flexibility index (Phi) is 7.44. The van der Waals surface area contributed by atoms with Crippen molar-refractivity contribution in [1.82, 2.24) is 15.2 Å². The average molecular weight is 474 g/mol. The van der Waals surface area contributed by atoms with Crippen molar-refractivity contribution in [3.8, 4) is 0 Å². The molecule has 0 saturated carbocycles. The van der Waals surface area contributed by atoms with Crippen LogP contribution in [0, 0.1) is 5.92 Å². The molecule has 1 aliphatic rings. The highest BCUT2D eigenvalue weighted by atomic mass is 79.9. The second-order valence-electron chi connectivity index (χ2n) is 7.89. The van der Waals surface area contributed by atoms with Crippen molar-refractivity contribution < 1.29 is 9.59 Å². The molecule has 2 aromatic rings. The number of piperazine rings is 1. The van der Waals surface area contributed by atoms with E-state index < -0.39 is 6.04 Å². The number of hydrogen-bond donors (Lipinski definition) is 2. The summed E-state index contributed by atoms with van der Waals surface area (Å²) in [6, 6.07) is 10.2. The Hall–Kier alpha value is -2.45. The molecule has 0 spiro atoms. The van der Waals surface area contributed by atoms with Gasteiger partial charge >= 0.3 is 0 Å². The van der Waals surface area contributed by atoms with Crippen LogP contribution in [0.25, 0.3) is 0 Å². The number of hydrogen-bond acceptors (Lipinski definition) is 5. The number of likely N-dealkylation sites (N-methyl/N-ethyl adjacent to an activating group) is 1. The van der Waals surface area contributed by atoms with Gasteiger partial charge in [0.25, 0.3) is 5.91 Å². The van der Waals surface area contributed by atoms with Crippen molar-refractivity contribution >= 4 is 39.2 Å². The van der Waals surface area contributed by atoms with Gasteiger partial charge in [-0.1, -0.05) is 29.8 Å². The number of amides is 2. The van der Waals surface area contributed by atoms with Crippen molar-refractivity contribution in [2.24, 2.45) is 5.92 Å². The van der Waals surface area contributed by atoms with Gasteiger partial charge < -0.3 is 20.4 Å². The number of anilines is 2. The lowest BCUT2D eigenvalue weighted by Crippen LogP contribution is -2.47. The summed E-state index contributed by atoms with van der Waals surface area (Å²) in [6.45, 7) is 7.70. The van der Waals surface area contributed by atoms with E-state index >= 15 is 0 Å². The fourth-order valence-corrected chi connectivity index (χ4v) is 3.53. The molecule has 0 aliphatic carbocycles. The quantitative estimate of drug-likeness (QED) is 0.674. The van der Waals surface area contributed by atoms with Crippen LogP contribution in [0.4, 0.5) is 11.5 Å². The van der Waals surface area contributed by atoms with E-state index in [1.807, 2.05) is 26.0 Å². The van der Waals surface area contributed by atoms with Gasteiger partial charge in [0.1, 0.15) is 11.9 Å². The fraction of sp³-hybridized carbons (Fsp3) is 0.409. The lowest BCUT2D eigenvalue weighted by atomic mass is 10.0. The minimum atomic E-state index is -0.654. The summed E-state index contributed by atoms with van der Waals surface area (Å²) >= 11 is 3.36. The van der Waals surface area contributed by atoms with Gasteiger partial charge in [0.2, 0.25) is 5.91 Å². The van der Waals surface area contributed by atoms with Crippen LogP contribution < -0.4 is 15.5 Å². The lowest BCUT2D eigenvalue weighted by molar-refractivity contribution is -0.118. The zero-order chi connectivity index (χ0) is 21.7. The topological polar surface area (TPSA) is 77.6 Å². The second-order valence-corrected chi connectivity index (χ2v) is 8.80. The molecule has 1 aromatic carbocycles. The van der Waals surface area contributed by atoms with Gasteiger partial charge in [-0.05, 0) is 49.4 Å². The van der Waals surface area contributed by atoms with Crippen LogP contribution in [0.2, 0.25) is 0 Å². The zero-order valence-corrected chi connectivity index (χ0v) is 19.1. The molecule has 0 unspecified atom stereocenters. The van der Waals surface area contributed by atoms with Gasteiger partial charge in [-0.2, -0.15) is 0 Å². The van der Waals surface area contributed by atoms with Crippen LogP contribution in [-0.2, 0) is 4.79 Å². The highest BCUT2D eigenvalue weighted by molar-refractivity contribution is 9.10. The van der Waals surface area contributed by atoms with Gasteiger partial charge in [-0.15, -0.1) is 0 Å². The molecular formula is C22H28BrN5O2. The maximum absolute atomic E-state index is 12.8. The number of pyridine rings is 1. The Morgan fingerprint density at radius 3 is 2.27 bits per heavy atom. The molecule has 8 heteroatoms. The third kappa shape index (κ3) is 5.79. The first-order valence-corrected chi connectivity index (χ1v) is 10.9. The first kappa shape index (κ1) is 22.2. The maximum Gasteiger partial charge on any atom is 0.251 e. The van der Waals surface area contributed by atoms with Crippen molar-refractivity contribution in [1.29, 1.82) is 0 Å². The van der Waals surface area contributed by atoms with Gasteiger partial charge in [0.05, 0.1) is 11.9 Å². The molecule has 1 saturated heterocycles. The van der Waals surface area contributed by atoms with Crippen LogP contribution in [0.5, 0.6) is 0 Å². The van der Waals surface area contributed by atoms with Gasteiger partial charge in [0, 0.05) is 36.2 Å². The van der Waals surface area contributed by atoms with Crippen LogP contribution in [0.3, 0.4) is 0 Å². The molecule has 2 heterocycles. The summed E-state index contributed by atoms with van der Waals surface area (Å²) in [7, 11) is 2.12. The molecule has 0 bridgehead atoms. The molecule has 2 N–H and O–H groups in total. The molecular weight excluding hydrogens is 446 g/mol.